The lowest BCUT2D eigenvalue weighted by molar-refractivity contribution is 0.260. The Morgan fingerprint density at radius 2 is 2.33 bits per heavy atom. The standard InChI is InChI=1S/C11H19N3O3S/c1-9(10-3-2-4-10)13-18(16,17)11-7-12-14(8-11)5-6-15/h7-10,13,15H,2-6H2,1H3. The van der Waals surface area contributed by atoms with E-state index in [4.69, 9.17) is 5.11 Å². The maximum atomic E-state index is 12.1. The summed E-state index contributed by atoms with van der Waals surface area (Å²) in [7, 11) is -3.49. The highest BCUT2D eigenvalue weighted by molar-refractivity contribution is 7.89. The Kier molecular flexibility index (Phi) is 4.04. The van der Waals surface area contributed by atoms with Gasteiger partial charge in [-0.05, 0) is 25.7 Å². The molecule has 1 aromatic rings. The molecule has 0 saturated heterocycles. The topological polar surface area (TPSA) is 84.2 Å². The van der Waals surface area contributed by atoms with E-state index in [0.717, 1.165) is 12.8 Å². The zero-order valence-corrected chi connectivity index (χ0v) is 11.2. The van der Waals surface area contributed by atoms with Gasteiger partial charge in [-0.25, -0.2) is 13.1 Å². The first-order valence-electron chi connectivity index (χ1n) is 6.18. The average Bonchev–Trinajstić information content (AvgIpc) is 2.63. The third-order valence-electron chi connectivity index (χ3n) is 3.45. The van der Waals surface area contributed by atoms with E-state index in [1.54, 1.807) is 0 Å². The van der Waals surface area contributed by atoms with E-state index >= 15 is 0 Å². The largest absolute Gasteiger partial charge is 0.394 e. The minimum absolute atomic E-state index is 0.0371. The Morgan fingerprint density at radius 3 is 2.89 bits per heavy atom. The maximum absolute atomic E-state index is 12.1. The first-order chi connectivity index (χ1) is 8.53. The molecule has 1 fully saturated rings. The predicted octanol–water partition coefficient (Wildman–Crippen LogP) is 0.342. The number of hydrogen-bond acceptors (Lipinski definition) is 4. The number of aliphatic hydroxyl groups is 1. The van der Waals surface area contributed by atoms with Crippen molar-refractivity contribution >= 4 is 10.0 Å². The van der Waals surface area contributed by atoms with Crippen molar-refractivity contribution in [2.24, 2.45) is 5.92 Å². The Morgan fingerprint density at radius 1 is 1.61 bits per heavy atom. The molecule has 1 aromatic heterocycles. The molecule has 0 bridgehead atoms. The summed E-state index contributed by atoms with van der Waals surface area (Å²) in [6, 6.07) is -0.0371. The summed E-state index contributed by atoms with van der Waals surface area (Å²) in [5.41, 5.74) is 0. The minimum Gasteiger partial charge on any atom is -0.394 e. The number of rotatable bonds is 6. The minimum atomic E-state index is -3.49. The molecule has 0 spiro atoms. The van der Waals surface area contributed by atoms with Gasteiger partial charge in [0, 0.05) is 12.2 Å². The second kappa shape index (κ2) is 5.38. The molecule has 1 heterocycles. The molecule has 0 aromatic carbocycles. The van der Waals surface area contributed by atoms with E-state index in [1.807, 2.05) is 6.92 Å². The van der Waals surface area contributed by atoms with E-state index in [9.17, 15) is 8.42 Å². The van der Waals surface area contributed by atoms with Crippen LogP contribution in [-0.4, -0.2) is 36.0 Å². The van der Waals surface area contributed by atoms with Crippen molar-refractivity contribution in [1.29, 1.82) is 0 Å². The second-order valence-electron chi connectivity index (χ2n) is 4.76. The summed E-state index contributed by atoms with van der Waals surface area (Å²) in [4.78, 5) is 0.155. The molecule has 1 atom stereocenters. The predicted molar refractivity (Wildman–Crippen MR) is 66.4 cm³/mol. The molecule has 1 saturated carbocycles. The van der Waals surface area contributed by atoms with Crippen LogP contribution in [0.2, 0.25) is 0 Å². The van der Waals surface area contributed by atoms with Gasteiger partial charge in [0.25, 0.3) is 0 Å². The highest BCUT2D eigenvalue weighted by atomic mass is 32.2. The lowest BCUT2D eigenvalue weighted by Crippen LogP contribution is -2.40. The molecule has 1 unspecified atom stereocenters. The zero-order valence-electron chi connectivity index (χ0n) is 10.4. The van der Waals surface area contributed by atoms with Crippen molar-refractivity contribution in [2.45, 2.75) is 43.7 Å². The van der Waals surface area contributed by atoms with Crippen molar-refractivity contribution in [3.05, 3.63) is 12.4 Å². The summed E-state index contributed by atoms with van der Waals surface area (Å²) in [6.45, 7) is 2.14. The summed E-state index contributed by atoms with van der Waals surface area (Å²) < 4.78 is 28.3. The number of aromatic nitrogens is 2. The normalized spacial score (nSPS) is 18.6. The van der Waals surface area contributed by atoms with Gasteiger partial charge in [0.2, 0.25) is 10.0 Å². The molecule has 2 rings (SSSR count). The van der Waals surface area contributed by atoms with Crippen LogP contribution in [0.1, 0.15) is 26.2 Å². The molecule has 18 heavy (non-hydrogen) atoms. The third kappa shape index (κ3) is 2.90. The summed E-state index contributed by atoms with van der Waals surface area (Å²) in [6.07, 6.45) is 6.11. The third-order valence-corrected chi connectivity index (χ3v) is 4.96. The maximum Gasteiger partial charge on any atom is 0.243 e. The smallest absolute Gasteiger partial charge is 0.243 e. The van der Waals surface area contributed by atoms with Gasteiger partial charge in [0.15, 0.2) is 0 Å². The van der Waals surface area contributed by atoms with Crippen LogP contribution >= 0.6 is 0 Å². The van der Waals surface area contributed by atoms with Gasteiger partial charge in [-0.2, -0.15) is 5.10 Å². The fourth-order valence-electron chi connectivity index (χ4n) is 2.06. The average molecular weight is 273 g/mol. The first-order valence-corrected chi connectivity index (χ1v) is 7.67. The summed E-state index contributed by atoms with van der Waals surface area (Å²) >= 11 is 0. The van der Waals surface area contributed by atoms with Crippen LogP contribution in [0.25, 0.3) is 0 Å². The molecule has 0 amide bonds. The van der Waals surface area contributed by atoms with Crippen LogP contribution in [0.5, 0.6) is 0 Å². The molecule has 7 heteroatoms. The number of hydrogen-bond donors (Lipinski definition) is 2. The molecular formula is C11H19N3O3S. The lowest BCUT2D eigenvalue weighted by atomic mass is 9.81. The molecule has 1 aliphatic carbocycles. The van der Waals surface area contributed by atoms with Crippen LogP contribution in [-0.2, 0) is 16.6 Å². The molecule has 102 valence electrons. The van der Waals surface area contributed by atoms with Gasteiger partial charge in [0.1, 0.15) is 4.90 Å². The Labute approximate surface area is 107 Å². The van der Waals surface area contributed by atoms with Crippen LogP contribution in [0.4, 0.5) is 0 Å². The summed E-state index contributed by atoms with van der Waals surface area (Å²) in [5, 5.41) is 12.7. The Hall–Kier alpha value is -0.920. The lowest BCUT2D eigenvalue weighted by Gasteiger charge is -2.31. The zero-order chi connectivity index (χ0) is 13.2. The van der Waals surface area contributed by atoms with Crippen LogP contribution in [0, 0.1) is 5.92 Å². The SMILES string of the molecule is CC(NS(=O)(=O)c1cnn(CCO)c1)C1CCC1. The highest BCUT2D eigenvalue weighted by Gasteiger charge is 2.28. The molecule has 1 aliphatic rings. The van der Waals surface area contributed by atoms with Crippen molar-refractivity contribution in [2.75, 3.05) is 6.61 Å². The number of aliphatic hydroxyl groups excluding tert-OH is 1. The molecule has 2 N–H and O–H groups in total. The van der Waals surface area contributed by atoms with E-state index in [-0.39, 0.29) is 17.5 Å². The van der Waals surface area contributed by atoms with Crippen LogP contribution < -0.4 is 4.72 Å². The number of nitrogens with one attached hydrogen (secondary N) is 1. The van der Waals surface area contributed by atoms with Gasteiger partial charge in [-0.3, -0.25) is 4.68 Å². The van der Waals surface area contributed by atoms with Crippen LogP contribution in [0.15, 0.2) is 17.3 Å². The summed E-state index contributed by atoms with van der Waals surface area (Å²) in [5.74, 6) is 0.451. The highest BCUT2D eigenvalue weighted by Crippen LogP contribution is 2.30. The van der Waals surface area contributed by atoms with Gasteiger partial charge >= 0.3 is 0 Å². The quantitative estimate of drug-likeness (QED) is 0.783. The van der Waals surface area contributed by atoms with E-state index in [1.165, 1.54) is 23.5 Å². The molecule has 6 nitrogen and oxygen atoms in total. The molecule has 0 radical (unpaired) electrons. The van der Waals surface area contributed by atoms with Gasteiger partial charge < -0.3 is 5.11 Å². The van der Waals surface area contributed by atoms with Gasteiger partial charge in [-0.1, -0.05) is 6.42 Å². The first kappa shape index (κ1) is 13.5. The molecular weight excluding hydrogens is 254 g/mol. The Bertz CT molecular complexity index is 493. The van der Waals surface area contributed by atoms with Gasteiger partial charge in [0.05, 0.1) is 19.3 Å². The fourth-order valence-corrected chi connectivity index (χ4v) is 3.32. The van der Waals surface area contributed by atoms with E-state index in [0.29, 0.717) is 12.5 Å². The second-order valence-corrected chi connectivity index (χ2v) is 6.48. The van der Waals surface area contributed by atoms with E-state index in [2.05, 4.69) is 9.82 Å². The monoisotopic (exact) mass is 273 g/mol. The fraction of sp³-hybridized carbons (Fsp3) is 0.727. The van der Waals surface area contributed by atoms with Crippen molar-refractivity contribution in [3.8, 4) is 0 Å². The van der Waals surface area contributed by atoms with Crippen molar-refractivity contribution in [1.82, 2.24) is 14.5 Å². The molecule has 0 aliphatic heterocycles. The van der Waals surface area contributed by atoms with Crippen LogP contribution in [0.3, 0.4) is 0 Å². The van der Waals surface area contributed by atoms with Gasteiger partial charge in [-0.15, -0.1) is 0 Å². The van der Waals surface area contributed by atoms with Crippen molar-refractivity contribution < 1.29 is 13.5 Å². The van der Waals surface area contributed by atoms with E-state index < -0.39 is 10.0 Å². The number of nitrogens with zero attached hydrogens (tertiary/aromatic N) is 2. The Balaban J connectivity index is 2.04. The number of sulfonamides is 1. The van der Waals surface area contributed by atoms with Crippen molar-refractivity contribution in [3.63, 3.8) is 0 Å².